The van der Waals surface area contributed by atoms with Gasteiger partial charge in [0.2, 0.25) is 5.91 Å². The molecule has 1 amide bonds. The van der Waals surface area contributed by atoms with Crippen LogP contribution in [-0.4, -0.2) is 22.1 Å². The second kappa shape index (κ2) is 11.1. The Morgan fingerprint density at radius 1 is 1.18 bits per heavy atom. The highest BCUT2D eigenvalue weighted by atomic mass is 35.5. The number of imidazole rings is 1. The standard InChI is InChI=1S/C27H34ClN3O2/c1-19-18-22(14-15-23(19)28)33-17-9-8-16-31-25-13-7-6-12-24(25)30-26(31)20(2)29-27(32)21-10-4-3-5-11-21/h6-7,12-15,18,20-21H,3-5,8-11,16-17H2,1-2H3,(H,29,32). The number of halogens is 1. The fourth-order valence-corrected chi connectivity index (χ4v) is 4.81. The van der Waals surface area contributed by atoms with E-state index >= 15 is 0 Å². The summed E-state index contributed by atoms with van der Waals surface area (Å²) in [6.07, 6.45) is 7.45. The van der Waals surface area contributed by atoms with E-state index in [1.54, 1.807) is 0 Å². The van der Waals surface area contributed by atoms with Crippen LogP contribution in [0.3, 0.4) is 0 Å². The minimum atomic E-state index is -0.125. The Labute approximate surface area is 201 Å². The molecule has 1 heterocycles. The molecule has 33 heavy (non-hydrogen) atoms. The van der Waals surface area contributed by atoms with Crippen LogP contribution in [0.15, 0.2) is 42.5 Å². The minimum absolute atomic E-state index is 0.125. The van der Waals surface area contributed by atoms with E-state index in [-0.39, 0.29) is 17.9 Å². The van der Waals surface area contributed by atoms with Crippen LogP contribution in [0.5, 0.6) is 5.75 Å². The van der Waals surface area contributed by atoms with Crippen LogP contribution >= 0.6 is 11.6 Å². The first kappa shape index (κ1) is 23.6. The average Bonchev–Trinajstić information content (AvgIpc) is 3.20. The van der Waals surface area contributed by atoms with E-state index in [0.29, 0.717) is 6.61 Å². The van der Waals surface area contributed by atoms with Gasteiger partial charge in [-0.25, -0.2) is 4.98 Å². The van der Waals surface area contributed by atoms with E-state index in [1.165, 1.54) is 6.42 Å². The molecular weight excluding hydrogens is 434 g/mol. The maximum Gasteiger partial charge on any atom is 0.223 e. The number of aryl methyl sites for hydroxylation is 2. The van der Waals surface area contributed by atoms with Crippen LogP contribution in [0.2, 0.25) is 5.02 Å². The molecule has 0 bridgehead atoms. The van der Waals surface area contributed by atoms with Gasteiger partial charge in [0.25, 0.3) is 0 Å². The Morgan fingerprint density at radius 2 is 1.97 bits per heavy atom. The van der Waals surface area contributed by atoms with Gasteiger partial charge < -0.3 is 14.6 Å². The molecule has 2 aromatic carbocycles. The molecule has 3 aromatic rings. The molecule has 1 aliphatic carbocycles. The summed E-state index contributed by atoms with van der Waals surface area (Å²) in [6, 6.07) is 13.8. The molecule has 6 heteroatoms. The van der Waals surface area contributed by atoms with Crippen molar-refractivity contribution in [3.8, 4) is 5.75 Å². The first-order chi connectivity index (χ1) is 16.0. The van der Waals surface area contributed by atoms with Gasteiger partial charge in [-0.2, -0.15) is 0 Å². The zero-order valence-corrected chi connectivity index (χ0v) is 20.4. The lowest BCUT2D eigenvalue weighted by atomic mass is 9.88. The molecule has 1 atom stereocenters. The summed E-state index contributed by atoms with van der Waals surface area (Å²) in [7, 11) is 0. The molecule has 1 unspecified atom stereocenters. The number of nitrogens with one attached hydrogen (secondary N) is 1. The van der Waals surface area contributed by atoms with Crippen molar-refractivity contribution in [1.29, 1.82) is 0 Å². The largest absolute Gasteiger partial charge is 0.494 e. The van der Waals surface area contributed by atoms with Crippen molar-refractivity contribution in [3.63, 3.8) is 0 Å². The van der Waals surface area contributed by atoms with Crippen molar-refractivity contribution in [2.24, 2.45) is 5.92 Å². The number of hydrogen-bond donors (Lipinski definition) is 1. The van der Waals surface area contributed by atoms with Crippen LogP contribution < -0.4 is 10.1 Å². The van der Waals surface area contributed by atoms with Gasteiger partial charge in [0.05, 0.1) is 23.7 Å². The fourth-order valence-electron chi connectivity index (χ4n) is 4.69. The van der Waals surface area contributed by atoms with Crippen molar-refractivity contribution >= 4 is 28.5 Å². The van der Waals surface area contributed by atoms with Crippen LogP contribution in [-0.2, 0) is 11.3 Å². The second-order valence-electron chi connectivity index (χ2n) is 9.14. The second-order valence-corrected chi connectivity index (χ2v) is 9.55. The number of carbonyl (C=O) groups excluding carboxylic acids is 1. The van der Waals surface area contributed by atoms with Gasteiger partial charge in [0.15, 0.2) is 0 Å². The fraction of sp³-hybridized carbons (Fsp3) is 0.481. The molecule has 1 aromatic heterocycles. The normalized spacial score (nSPS) is 15.5. The lowest BCUT2D eigenvalue weighted by Crippen LogP contribution is -2.35. The molecule has 1 N–H and O–H groups in total. The number of hydrogen-bond acceptors (Lipinski definition) is 3. The third kappa shape index (κ3) is 5.89. The van der Waals surface area contributed by atoms with Gasteiger partial charge >= 0.3 is 0 Å². The smallest absolute Gasteiger partial charge is 0.223 e. The van der Waals surface area contributed by atoms with Gasteiger partial charge in [0.1, 0.15) is 11.6 Å². The number of ether oxygens (including phenoxy) is 1. The molecule has 0 aliphatic heterocycles. The molecule has 1 aliphatic rings. The number of unbranched alkanes of at least 4 members (excludes halogenated alkanes) is 1. The maximum absolute atomic E-state index is 12.8. The number of rotatable bonds is 9. The van der Waals surface area contributed by atoms with Gasteiger partial charge in [-0.15, -0.1) is 0 Å². The molecule has 0 spiro atoms. The van der Waals surface area contributed by atoms with E-state index in [1.807, 2.05) is 50.2 Å². The SMILES string of the molecule is Cc1cc(OCCCCn2c(C(C)NC(=O)C3CCCCC3)nc3ccccc32)ccc1Cl. The third-order valence-corrected chi connectivity index (χ3v) is 7.00. The van der Waals surface area contributed by atoms with E-state index in [0.717, 1.165) is 78.3 Å². The number of amides is 1. The maximum atomic E-state index is 12.8. The lowest BCUT2D eigenvalue weighted by molar-refractivity contribution is -0.126. The van der Waals surface area contributed by atoms with E-state index in [4.69, 9.17) is 21.3 Å². The van der Waals surface area contributed by atoms with Gasteiger partial charge in [-0.05, 0) is 75.4 Å². The van der Waals surface area contributed by atoms with E-state index in [9.17, 15) is 4.79 Å². The summed E-state index contributed by atoms with van der Waals surface area (Å²) in [5.41, 5.74) is 3.10. The van der Waals surface area contributed by atoms with Gasteiger partial charge in [-0.1, -0.05) is 43.0 Å². The molecular formula is C27H34ClN3O2. The summed E-state index contributed by atoms with van der Waals surface area (Å²) in [6.45, 7) is 5.51. The molecule has 1 fully saturated rings. The Hall–Kier alpha value is -2.53. The number of carbonyl (C=O) groups is 1. The van der Waals surface area contributed by atoms with E-state index < -0.39 is 0 Å². The quantitative estimate of drug-likeness (QED) is 0.360. The lowest BCUT2D eigenvalue weighted by Gasteiger charge is -2.23. The van der Waals surface area contributed by atoms with Crippen LogP contribution in [0.1, 0.15) is 69.3 Å². The summed E-state index contributed by atoms with van der Waals surface area (Å²) in [5, 5.41) is 4.00. The predicted octanol–water partition coefficient (Wildman–Crippen LogP) is 6.61. The van der Waals surface area contributed by atoms with Crippen LogP contribution in [0.4, 0.5) is 0 Å². The molecule has 0 saturated heterocycles. The number of aromatic nitrogens is 2. The summed E-state index contributed by atoms with van der Waals surface area (Å²) in [4.78, 5) is 17.7. The molecule has 176 valence electrons. The van der Waals surface area contributed by atoms with Crippen molar-refractivity contribution < 1.29 is 9.53 Å². The summed E-state index contributed by atoms with van der Waals surface area (Å²) < 4.78 is 8.16. The Morgan fingerprint density at radius 3 is 2.76 bits per heavy atom. The summed E-state index contributed by atoms with van der Waals surface area (Å²) in [5.74, 6) is 2.10. The van der Waals surface area contributed by atoms with Crippen LogP contribution in [0, 0.1) is 12.8 Å². The Bertz CT molecular complexity index is 1090. The zero-order chi connectivity index (χ0) is 23.2. The minimum Gasteiger partial charge on any atom is -0.494 e. The number of fused-ring (bicyclic) bond motifs is 1. The van der Waals surface area contributed by atoms with Crippen molar-refractivity contribution in [2.45, 2.75) is 71.4 Å². The van der Waals surface area contributed by atoms with Crippen molar-refractivity contribution in [1.82, 2.24) is 14.9 Å². The number of benzene rings is 2. The van der Waals surface area contributed by atoms with E-state index in [2.05, 4.69) is 16.0 Å². The number of para-hydroxylation sites is 2. The number of nitrogens with zero attached hydrogens (tertiary/aromatic N) is 2. The molecule has 4 rings (SSSR count). The van der Waals surface area contributed by atoms with Crippen molar-refractivity contribution in [2.75, 3.05) is 6.61 Å². The first-order valence-corrected chi connectivity index (χ1v) is 12.5. The zero-order valence-electron chi connectivity index (χ0n) is 19.6. The van der Waals surface area contributed by atoms with Crippen LogP contribution in [0.25, 0.3) is 11.0 Å². The van der Waals surface area contributed by atoms with Gasteiger partial charge in [0, 0.05) is 17.5 Å². The van der Waals surface area contributed by atoms with Crippen molar-refractivity contribution in [3.05, 3.63) is 58.9 Å². The monoisotopic (exact) mass is 467 g/mol. The topological polar surface area (TPSA) is 56.1 Å². The summed E-state index contributed by atoms with van der Waals surface area (Å²) >= 11 is 6.09. The van der Waals surface area contributed by atoms with Gasteiger partial charge in [-0.3, -0.25) is 4.79 Å². The highest BCUT2D eigenvalue weighted by Crippen LogP contribution is 2.26. The molecule has 0 radical (unpaired) electrons. The molecule has 1 saturated carbocycles. The Kier molecular flexibility index (Phi) is 7.92. The highest BCUT2D eigenvalue weighted by molar-refractivity contribution is 6.31. The highest BCUT2D eigenvalue weighted by Gasteiger charge is 2.24. The molecule has 5 nitrogen and oxygen atoms in total. The Balaban J connectivity index is 1.38. The first-order valence-electron chi connectivity index (χ1n) is 12.2. The third-order valence-electron chi connectivity index (χ3n) is 6.58. The average molecular weight is 468 g/mol. The predicted molar refractivity (Wildman–Crippen MR) is 134 cm³/mol.